The van der Waals surface area contributed by atoms with Crippen LogP contribution in [0.25, 0.3) is 21.5 Å². The molecule has 0 amide bonds. The number of hydrogen-bond donors (Lipinski definition) is 2. The predicted octanol–water partition coefficient (Wildman–Crippen LogP) is 12.8. The summed E-state index contributed by atoms with van der Waals surface area (Å²) in [6.07, 6.45) is -4.40. The van der Waals surface area contributed by atoms with Crippen LogP contribution in [0.3, 0.4) is 0 Å². The van der Waals surface area contributed by atoms with Gasteiger partial charge in [-0.3, -0.25) is 0 Å². The standard InChI is InChI=1S/C36H27F3N8/c1-35(2)40-32-9-5-8-28-31(20-21-33(41-35)34(28)32)47-46-30-19-18-29(26-6-3-4-7-27(26)30)45-44-25-16-14-24(15-17-25)43-42-23-12-10-22(11-13-23)36(37,38)39/h3-21,40-41H,1-2H3/b43-42+,45-44+,47-46+. The summed E-state index contributed by atoms with van der Waals surface area (Å²) in [5.74, 6) is 0. The zero-order valence-electron chi connectivity index (χ0n) is 25.3. The van der Waals surface area contributed by atoms with Gasteiger partial charge in [-0.2, -0.15) is 28.5 Å². The average Bonchev–Trinajstić information content (AvgIpc) is 3.06. The van der Waals surface area contributed by atoms with E-state index in [2.05, 4.69) is 67.3 Å². The minimum absolute atomic E-state index is 0.265. The molecule has 0 radical (unpaired) electrons. The van der Waals surface area contributed by atoms with E-state index in [4.69, 9.17) is 0 Å². The highest BCUT2D eigenvalue weighted by atomic mass is 19.4. The number of alkyl halides is 3. The van der Waals surface area contributed by atoms with Crippen LogP contribution in [0.1, 0.15) is 19.4 Å². The fourth-order valence-electron chi connectivity index (χ4n) is 5.47. The molecule has 0 bridgehead atoms. The summed E-state index contributed by atoms with van der Waals surface area (Å²) in [7, 11) is 0. The van der Waals surface area contributed by atoms with E-state index in [1.807, 2.05) is 54.6 Å². The van der Waals surface area contributed by atoms with E-state index < -0.39 is 11.7 Å². The summed E-state index contributed by atoms with van der Waals surface area (Å²) < 4.78 is 38.3. The highest BCUT2D eigenvalue weighted by molar-refractivity contribution is 6.09. The number of benzene rings is 6. The lowest BCUT2D eigenvalue weighted by Crippen LogP contribution is -2.41. The summed E-state index contributed by atoms with van der Waals surface area (Å²) in [6.45, 7) is 4.19. The van der Waals surface area contributed by atoms with Gasteiger partial charge in [0.25, 0.3) is 0 Å². The monoisotopic (exact) mass is 628 g/mol. The lowest BCUT2D eigenvalue weighted by molar-refractivity contribution is -0.137. The average molecular weight is 629 g/mol. The Hall–Kier alpha value is -5.97. The van der Waals surface area contributed by atoms with Crippen LogP contribution in [0, 0.1) is 0 Å². The second kappa shape index (κ2) is 11.8. The van der Waals surface area contributed by atoms with Crippen molar-refractivity contribution in [1.82, 2.24) is 0 Å². The fourth-order valence-corrected chi connectivity index (χ4v) is 5.47. The topological polar surface area (TPSA) is 98.2 Å². The van der Waals surface area contributed by atoms with Crippen LogP contribution in [0.2, 0.25) is 0 Å². The fraction of sp³-hybridized carbons (Fsp3) is 0.111. The minimum atomic E-state index is -4.40. The van der Waals surface area contributed by atoms with Crippen molar-refractivity contribution in [1.29, 1.82) is 0 Å². The highest BCUT2D eigenvalue weighted by Gasteiger charge is 2.30. The third-order valence-electron chi connectivity index (χ3n) is 7.65. The quantitative estimate of drug-likeness (QED) is 0.179. The van der Waals surface area contributed by atoms with E-state index in [9.17, 15) is 13.2 Å². The van der Waals surface area contributed by atoms with Gasteiger partial charge in [0.15, 0.2) is 0 Å². The number of rotatable bonds is 6. The molecule has 0 aromatic heterocycles. The molecule has 0 saturated heterocycles. The van der Waals surface area contributed by atoms with Gasteiger partial charge >= 0.3 is 6.18 Å². The Balaban J connectivity index is 1.10. The molecule has 0 spiro atoms. The molecular weight excluding hydrogens is 601 g/mol. The molecule has 0 fully saturated rings. The zero-order chi connectivity index (χ0) is 32.6. The van der Waals surface area contributed by atoms with Crippen LogP contribution in [-0.4, -0.2) is 5.66 Å². The maximum Gasteiger partial charge on any atom is 0.416 e. The molecule has 11 heteroatoms. The van der Waals surface area contributed by atoms with Crippen molar-refractivity contribution in [3.8, 4) is 0 Å². The van der Waals surface area contributed by atoms with Crippen LogP contribution in [0.4, 0.5) is 58.7 Å². The Morgan fingerprint density at radius 2 is 0.894 bits per heavy atom. The molecule has 0 atom stereocenters. The maximum atomic E-state index is 12.8. The van der Waals surface area contributed by atoms with E-state index in [1.54, 1.807) is 24.3 Å². The van der Waals surface area contributed by atoms with Crippen LogP contribution in [0.5, 0.6) is 0 Å². The van der Waals surface area contributed by atoms with E-state index in [1.165, 1.54) is 12.1 Å². The molecule has 0 saturated carbocycles. The van der Waals surface area contributed by atoms with Crippen molar-refractivity contribution in [3.05, 3.63) is 121 Å². The molecule has 1 aliphatic rings. The first-order valence-corrected chi connectivity index (χ1v) is 14.8. The molecule has 1 aliphatic heterocycles. The van der Waals surface area contributed by atoms with Crippen molar-refractivity contribution < 1.29 is 13.2 Å². The molecule has 232 valence electrons. The van der Waals surface area contributed by atoms with Gasteiger partial charge in [0.2, 0.25) is 0 Å². The smallest absolute Gasteiger partial charge is 0.363 e. The molecule has 6 aromatic rings. The van der Waals surface area contributed by atoms with Crippen LogP contribution in [-0.2, 0) is 6.18 Å². The van der Waals surface area contributed by atoms with E-state index in [0.717, 1.165) is 50.7 Å². The van der Waals surface area contributed by atoms with Crippen molar-refractivity contribution in [2.24, 2.45) is 30.7 Å². The van der Waals surface area contributed by atoms with Crippen LogP contribution >= 0.6 is 0 Å². The summed E-state index contributed by atoms with van der Waals surface area (Å²) in [5, 5.41) is 37.2. The Morgan fingerprint density at radius 3 is 1.45 bits per heavy atom. The van der Waals surface area contributed by atoms with Gasteiger partial charge in [0.1, 0.15) is 5.66 Å². The summed E-state index contributed by atoms with van der Waals surface area (Å²) in [4.78, 5) is 0. The normalized spacial score (nSPS) is 14.3. The van der Waals surface area contributed by atoms with Crippen LogP contribution in [0.15, 0.2) is 146 Å². The third kappa shape index (κ3) is 6.28. The largest absolute Gasteiger partial charge is 0.416 e. The van der Waals surface area contributed by atoms with Gasteiger partial charge in [0, 0.05) is 32.9 Å². The van der Waals surface area contributed by atoms with Gasteiger partial charge in [-0.15, -0.1) is 15.3 Å². The number of hydrogen-bond acceptors (Lipinski definition) is 8. The first kappa shape index (κ1) is 29.7. The molecular formula is C36H27F3N8. The maximum absolute atomic E-state index is 12.8. The lowest BCUT2D eigenvalue weighted by atomic mass is 10.00. The van der Waals surface area contributed by atoms with Gasteiger partial charge in [-0.25, -0.2) is 0 Å². The molecule has 1 heterocycles. The number of azo groups is 3. The number of nitrogens with one attached hydrogen (secondary N) is 2. The summed E-state index contributed by atoms with van der Waals surface area (Å²) in [5.41, 5.74) is 4.69. The van der Waals surface area contributed by atoms with Gasteiger partial charge in [-0.05, 0) is 92.7 Å². The number of halogens is 3. The summed E-state index contributed by atoms with van der Waals surface area (Å²) in [6, 6.07) is 33.1. The lowest BCUT2D eigenvalue weighted by Gasteiger charge is -2.36. The SMILES string of the molecule is CC1(C)Nc2cccc3c(/N=N/c4ccc(/N=N/c5ccc(/N=N/c6ccc(C(F)(F)F)cc6)cc5)c5ccccc45)ccc(c23)N1. The van der Waals surface area contributed by atoms with Crippen molar-refractivity contribution in [3.63, 3.8) is 0 Å². The molecule has 2 N–H and O–H groups in total. The second-order valence-corrected chi connectivity index (χ2v) is 11.5. The van der Waals surface area contributed by atoms with Crippen molar-refractivity contribution in [2.75, 3.05) is 10.6 Å². The highest BCUT2D eigenvalue weighted by Crippen LogP contribution is 2.42. The first-order chi connectivity index (χ1) is 22.6. The van der Waals surface area contributed by atoms with Crippen LogP contribution < -0.4 is 10.6 Å². The molecule has 6 aromatic carbocycles. The van der Waals surface area contributed by atoms with Gasteiger partial charge in [0.05, 0.1) is 39.7 Å². The Kier molecular flexibility index (Phi) is 7.43. The third-order valence-corrected chi connectivity index (χ3v) is 7.65. The molecule has 7 rings (SSSR count). The van der Waals surface area contributed by atoms with E-state index >= 15 is 0 Å². The Bertz CT molecular complexity index is 2190. The van der Waals surface area contributed by atoms with Crippen molar-refractivity contribution in [2.45, 2.75) is 25.7 Å². The first-order valence-electron chi connectivity index (χ1n) is 14.8. The number of anilines is 2. The summed E-state index contributed by atoms with van der Waals surface area (Å²) >= 11 is 0. The Labute approximate surface area is 267 Å². The molecule has 0 unspecified atom stereocenters. The van der Waals surface area contributed by atoms with Gasteiger partial charge in [-0.1, -0.05) is 36.4 Å². The predicted molar refractivity (Wildman–Crippen MR) is 180 cm³/mol. The number of nitrogens with zero attached hydrogens (tertiary/aromatic N) is 6. The van der Waals surface area contributed by atoms with E-state index in [0.29, 0.717) is 28.4 Å². The minimum Gasteiger partial charge on any atom is -0.363 e. The zero-order valence-corrected chi connectivity index (χ0v) is 25.3. The van der Waals surface area contributed by atoms with Gasteiger partial charge < -0.3 is 10.6 Å². The molecule has 8 nitrogen and oxygen atoms in total. The van der Waals surface area contributed by atoms with Crippen molar-refractivity contribution >= 4 is 67.0 Å². The number of fused-ring (bicyclic) bond motifs is 1. The molecule has 47 heavy (non-hydrogen) atoms. The molecule has 0 aliphatic carbocycles. The second-order valence-electron chi connectivity index (χ2n) is 11.5. The van der Waals surface area contributed by atoms with E-state index in [-0.39, 0.29) is 5.66 Å². The Morgan fingerprint density at radius 1 is 0.468 bits per heavy atom.